The molecule has 17 heavy (non-hydrogen) atoms. The topological polar surface area (TPSA) is 107 Å². The number of anilines is 1. The maximum absolute atomic E-state index is 10.9. The summed E-state index contributed by atoms with van der Waals surface area (Å²) in [5.41, 5.74) is 5.87. The van der Waals surface area contributed by atoms with Gasteiger partial charge in [0.15, 0.2) is 11.6 Å². The van der Waals surface area contributed by atoms with Crippen LogP contribution in [0.4, 0.5) is 5.82 Å². The molecule has 0 bridgehead atoms. The highest BCUT2D eigenvalue weighted by atomic mass is 16.4. The molecule has 0 unspecified atom stereocenters. The lowest BCUT2D eigenvalue weighted by Gasteiger charge is -2.06. The number of nitrogens with zero attached hydrogens (tertiary/aromatic N) is 4. The molecule has 0 aliphatic heterocycles. The van der Waals surface area contributed by atoms with Crippen LogP contribution in [0.2, 0.25) is 0 Å². The predicted molar refractivity (Wildman–Crippen MR) is 60.3 cm³/mol. The fourth-order valence-electron chi connectivity index (χ4n) is 1.54. The highest BCUT2D eigenvalue weighted by Crippen LogP contribution is 2.18. The van der Waals surface area contributed by atoms with E-state index in [-0.39, 0.29) is 11.4 Å². The van der Waals surface area contributed by atoms with Crippen LogP contribution < -0.4 is 5.73 Å². The van der Waals surface area contributed by atoms with Gasteiger partial charge in [0.25, 0.3) is 0 Å². The van der Waals surface area contributed by atoms with E-state index in [1.165, 1.54) is 0 Å². The molecule has 0 spiro atoms. The first-order valence-corrected chi connectivity index (χ1v) is 4.85. The summed E-state index contributed by atoms with van der Waals surface area (Å²) in [7, 11) is 1.79. The maximum atomic E-state index is 10.9. The zero-order chi connectivity index (χ0) is 12.6. The van der Waals surface area contributed by atoms with Crippen LogP contribution in [-0.4, -0.2) is 30.6 Å². The van der Waals surface area contributed by atoms with E-state index in [1.807, 2.05) is 0 Å². The van der Waals surface area contributed by atoms with E-state index in [4.69, 9.17) is 10.8 Å². The van der Waals surface area contributed by atoms with Crippen molar-refractivity contribution in [2.24, 2.45) is 7.05 Å². The lowest BCUT2D eigenvalue weighted by Crippen LogP contribution is -2.11. The summed E-state index contributed by atoms with van der Waals surface area (Å²) < 4.78 is 1.73. The summed E-state index contributed by atoms with van der Waals surface area (Å²) in [6.45, 7) is 1.58. The number of aromatic nitrogens is 4. The molecule has 0 aliphatic rings. The number of aromatic carboxylic acids is 1. The van der Waals surface area contributed by atoms with E-state index in [0.717, 1.165) is 0 Å². The molecular weight excluding hydrogens is 222 g/mol. The summed E-state index contributed by atoms with van der Waals surface area (Å²) in [5.74, 6) is -0.330. The average Bonchev–Trinajstić information content (AvgIpc) is 2.62. The Kier molecular flexibility index (Phi) is 2.51. The summed E-state index contributed by atoms with van der Waals surface area (Å²) in [4.78, 5) is 23.1. The molecule has 0 aliphatic carbocycles. The second kappa shape index (κ2) is 3.85. The van der Waals surface area contributed by atoms with Gasteiger partial charge in [-0.3, -0.25) is 0 Å². The average molecular weight is 233 g/mol. The number of aryl methyl sites for hydroxylation is 2. The van der Waals surface area contributed by atoms with E-state index >= 15 is 0 Å². The number of rotatable bonds is 2. The molecule has 2 aromatic heterocycles. The van der Waals surface area contributed by atoms with Crippen molar-refractivity contribution in [2.75, 3.05) is 5.73 Å². The van der Waals surface area contributed by atoms with Crippen molar-refractivity contribution in [3.8, 4) is 11.6 Å². The van der Waals surface area contributed by atoms with Crippen LogP contribution in [0.5, 0.6) is 0 Å². The van der Waals surface area contributed by atoms with E-state index < -0.39 is 5.97 Å². The molecule has 2 heterocycles. The Morgan fingerprint density at radius 1 is 1.47 bits per heavy atom. The van der Waals surface area contributed by atoms with Crippen LogP contribution in [0.1, 0.15) is 16.1 Å². The van der Waals surface area contributed by atoms with E-state index in [2.05, 4.69) is 15.0 Å². The zero-order valence-corrected chi connectivity index (χ0v) is 9.38. The Morgan fingerprint density at radius 3 is 2.65 bits per heavy atom. The Balaban J connectivity index is 2.61. The molecular formula is C10H11N5O2. The van der Waals surface area contributed by atoms with Crippen molar-refractivity contribution >= 4 is 11.8 Å². The first-order chi connectivity index (χ1) is 8.00. The molecule has 0 saturated heterocycles. The summed E-state index contributed by atoms with van der Waals surface area (Å²) in [5, 5.41) is 8.94. The van der Waals surface area contributed by atoms with Gasteiger partial charge in [-0.25, -0.2) is 19.7 Å². The Labute approximate surface area is 97.0 Å². The van der Waals surface area contributed by atoms with Crippen molar-refractivity contribution in [1.82, 2.24) is 19.5 Å². The van der Waals surface area contributed by atoms with Crippen LogP contribution in [0.25, 0.3) is 11.6 Å². The Hall–Kier alpha value is -2.44. The summed E-state index contributed by atoms with van der Waals surface area (Å²) in [6, 6.07) is 0. The number of hydrogen-bond acceptors (Lipinski definition) is 5. The SMILES string of the molecule is Cc1nc(-c2nccn2C)nc(N)c1C(=O)O. The molecule has 7 nitrogen and oxygen atoms in total. The third-order valence-electron chi connectivity index (χ3n) is 2.35. The smallest absolute Gasteiger partial charge is 0.341 e. The van der Waals surface area contributed by atoms with E-state index in [9.17, 15) is 4.79 Å². The monoisotopic (exact) mass is 233 g/mol. The highest BCUT2D eigenvalue weighted by Gasteiger charge is 2.17. The second-order valence-electron chi connectivity index (χ2n) is 3.56. The molecule has 2 aromatic rings. The van der Waals surface area contributed by atoms with Gasteiger partial charge in [0.2, 0.25) is 0 Å². The van der Waals surface area contributed by atoms with Crippen molar-refractivity contribution < 1.29 is 9.90 Å². The Morgan fingerprint density at radius 2 is 2.18 bits per heavy atom. The van der Waals surface area contributed by atoms with E-state index in [1.54, 1.807) is 30.9 Å². The molecule has 0 saturated carbocycles. The highest BCUT2D eigenvalue weighted by molar-refractivity contribution is 5.93. The van der Waals surface area contributed by atoms with Gasteiger partial charge in [0.1, 0.15) is 11.4 Å². The van der Waals surface area contributed by atoms with Crippen molar-refractivity contribution in [2.45, 2.75) is 6.92 Å². The van der Waals surface area contributed by atoms with Crippen molar-refractivity contribution in [1.29, 1.82) is 0 Å². The van der Waals surface area contributed by atoms with Crippen LogP contribution >= 0.6 is 0 Å². The van der Waals surface area contributed by atoms with Gasteiger partial charge in [-0.1, -0.05) is 0 Å². The van der Waals surface area contributed by atoms with Crippen molar-refractivity contribution in [3.05, 3.63) is 23.7 Å². The number of carboxylic acid groups (broad SMARTS) is 1. The quantitative estimate of drug-likeness (QED) is 0.780. The molecule has 88 valence electrons. The number of nitrogens with two attached hydrogens (primary N) is 1. The normalized spacial score (nSPS) is 10.5. The summed E-state index contributed by atoms with van der Waals surface area (Å²) >= 11 is 0. The number of nitrogen functional groups attached to an aromatic ring is 1. The van der Waals surface area contributed by atoms with Crippen molar-refractivity contribution in [3.63, 3.8) is 0 Å². The molecule has 3 N–H and O–H groups in total. The van der Waals surface area contributed by atoms with Gasteiger partial charge in [0.05, 0.1) is 5.69 Å². The standard InChI is InChI=1S/C10H11N5O2/c1-5-6(10(16)17)7(11)14-8(13-5)9-12-3-4-15(9)2/h3-4H,1-2H3,(H,16,17)(H2,11,13,14). The van der Waals surface area contributed by atoms with Gasteiger partial charge in [-0.05, 0) is 6.92 Å². The van der Waals surface area contributed by atoms with Crippen LogP contribution in [0.3, 0.4) is 0 Å². The third kappa shape index (κ3) is 1.82. The molecule has 2 rings (SSSR count). The van der Waals surface area contributed by atoms with Gasteiger partial charge < -0.3 is 15.4 Å². The van der Waals surface area contributed by atoms with Crippen LogP contribution in [-0.2, 0) is 7.05 Å². The molecule has 0 fully saturated rings. The molecule has 0 aromatic carbocycles. The lowest BCUT2D eigenvalue weighted by molar-refractivity contribution is 0.0696. The van der Waals surface area contributed by atoms with Crippen LogP contribution in [0, 0.1) is 6.92 Å². The number of carboxylic acids is 1. The number of carbonyl (C=O) groups is 1. The number of imidazole rings is 1. The largest absolute Gasteiger partial charge is 0.477 e. The molecule has 0 radical (unpaired) electrons. The first-order valence-electron chi connectivity index (χ1n) is 4.85. The fourth-order valence-corrected chi connectivity index (χ4v) is 1.54. The predicted octanol–water partition coefficient (Wildman–Crippen LogP) is 0.466. The van der Waals surface area contributed by atoms with E-state index in [0.29, 0.717) is 17.3 Å². The van der Waals surface area contributed by atoms with Gasteiger partial charge in [0, 0.05) is 19.4 Å². The Bertz CT molecular complexity index is 567. The minimum Gasteiger partial charge on any atom is -0.477 e. The minimum atomic E-state index is -1.13. The van der Waals surface area contributed by atoms with Gasteiger partial charge in [-0.2, -0.15) is 0 Å². The van der Waals surface area contributed by atoms with Gasteiger partial charge in [-0.15, -0.1) is 0 Å². The fraction of sp³-hybridized carbons (Fsp3) is 0.200. The molecule has 7 heteroatoms. The summed E-state index contributed by atoms with van der Waals surface area (Å²) in [6.07, 6.45) is 3.35. The molecule has 0 atom stereocenters. The molecule has 0 amide bonds. The van der Waals surface area contributed by atoms with Crippen LogP contribution in [0.15, 0.2) is 12.4 Å². The third-order valence-corrected chi connectivity index (χ3v) is 2.35. The first kappa shape index (κ1) is 11.1. The van der Waals surface area contributed by atoms with Gasteiger partial charge >= 0.3 is 5.97 Å². The maximum Gasteiger partial charge on any atom is 0.341 e. The number of hydrogen-bond donors (Lipinski definition) is 2. The minimum absolute atomic E-state index is 0.0528. The lowest BCUT2D eigenvalue weighted by atomic mass is 10.2. The zero-order valence-electron chi connectivity index (χ0n) is 9.38. The second-order valence-corrected chi connectivity index (χ2v) is 3.56.